The van der Waals surface area contributed by atoms with Crippen LogP contribution >= 0.6 is 11.8 Å². The quantitative estimate of drug-likeness (QED) is 0.621. The minimum absolute atomic E-state index is 0.292. The van der Waals surface area contributed by atoms with Crippen LogP contribution in [0.4, 0.5) is 0 Å². The van der Waals surface area contributed by atoms with Crippen LogP contribution in [0.5, 0.6) is 0 Å². The van der Waals surface area contributed by atoms with Crippen molar-refractivity contribution in [3.8, 4) is 0 Å². The number of thioether (sulfide) groups is 1. The number of aromatic nitrogens is 3. The molecular weight excluding hydrogens is 320 g/mol. The largest absolute Gasteiger partial charge is 0.355 e. The molecular formula is C17H24N6S. The molecule has 3 rings (SSSR count). The van der Waals surface area contributed by atoms with Gasteiger partial charge in [0, 0.05) is 30.3 Å². The van der Waals surface area contributed by atoms with Gasteiger partial charge in [0.1, 0.15) is 5.82 Å². The SMILES string of the molecule is CN=C(NCc1nnc(C)n1C)NCC1(Sc2ccccc2)CC1. The maximum atomic E-state index is 4.31. The summed E-state index contributed by atoms with van der Waals surface area (Å²) < 4.78 is 2.27. The van der Waals surface area contributed by atoms with E-state index >= 15 is 0 Å². The third-order valence-electron chi connectivity index (χ3n) is 4.28. The number of hydrogen-bond donors (Lipinski definition) is 2. The first-order chi connectivity index (χ1) is 11.6. The fourth-order valence-electron chi connectivity index (χ4n) is 2.43. The Labute approximate surface area is 147 Å². The van der Waals surface area contributed by atoms with Gasteiger partial charge in [0.05, 0.1) is 6.54 Å². The number of guanidine groups is 1. The summed E-state index contributed by atoms with van der Waals surface area (Å²) in [5.41, 5.74) is 0. The summed E-state index contributed by atoms with van der Waals surface area (Å²) in [6.07, 6.45) is 2.47. The number of rotatable bonds is 6. The van der Waals surface area contributed by atoms with Crippen molar-refractivity contribution in [2.75, 3.05) is 13.6 Å². The molecule has 128 valence electrons. The van der Waals surface area contributed by atoms with Crippen molar-refractivity contribution in [1.29, 1.82) is 0 Å². The maximum Gasteiger partial charge on any atom is 0.191 e. The molecule has 24 heavy (non-hydrogen) atoms. The highest BCUT2D eigenvalue weighted by atomic mass is 32.2. The molecule has 0 radical (unpaired) electrons. The van der Waals surface area contributed by atoms with E-state index in [1.165, 1.54) is 17.7 Å². The summed E-state index contributed by atoms with van der Waals surface area (Å²) in [5.74, 6) is 2.61. The van der Waals surface area contributed by atoms with Gasteiger partial charge in [-0.05, 0) is 31.9 Å². The van der Waals surface area contributed by atoms with E-state index < -0.39 is 0 Å². The molecule has 1 aromatic carbocycles. The van der Waals surface area contributed by atoms with Crippen LogP contribution in [0.3, 0.4) is 0 Å². The van der Waals surface area contributed by atoms with Crippen molar-refractivity contribution in [2.45, 2.75) is 36.0 Å². The molecule has 7 heteroatoms. The molecule has 1 heterocycles. The molecule has 6 nitrogen and oxygen atoms in total. The lowest BCUT2D eigenvalue weighted by Gasteiger charge is -2.18. The molecule has 1 aromatic heterocycles. The molecule has 2 aromatic rings. The number of nitrogens with one attached hydrogen (secondary N) is 2. The molecule has 1 saturated carbocycles. The van der Waals surface area contributed by atoms with Crippen LogP contribution in [-0.2, 0) is 13.6 Å². The smallest absolute Gasteiger partial charge is 0.191 e. The average molecular weight is 344 g/mol. The van der Waals surface area contributed by atoms with E-state index in [4.69, 9.17) is 0 Å². The van der Waals surface area contributed by atoms with Crippen molar-refractivity contribution in [3.63, 3.8) is 0 Å². The third kappa shape index (κ3) is 4.08. The van der Waals surface area contributed by atoms with E-state index in [1.54, 1.807) is 7.05 Å². The summed E-state index contributed by atoms with van der Waals surface area (Å²) in [4.78, 5) is 5.63. The summed E-state index contributed by atoms with van der Waals surface area (Å²) in [5, 5.41) is 15.0. The fraction of sp³-hybridized carbons (Fsp3) is 0.471. The normalized spacial score (nSPS) is 16.0. The number of benzene rings is 1. The topological polar surface area (TPSA) is 67.1 Å². The monoisotopic (exact) mass is 344 g/mol. The average Bonchev–Trinajstić information content (AvgIpc) is 3.29. The first kappa shape index (κ1) is 16.8. The molecule has 0 saturated heterocycles. The van der Waals surface area contributed by atoms with Gasteiger partial charge < -0.3 is 15.2 Å². The highest BCUT2D eigenvalue weighted by Crippen LogP contribution is 2.51. The van der Waals surface area contributed by atoms with Crippen LogP contribution in [-0.4, -0.2) is 39.1 Å². The standard InChI is InChI=1S/C17H24N6S/c1-13-21-22-15(23(13)3)11-19-16(18-2)20-12-17(9-10-17)24-14-7-5-4-6-8-14/h4-8H,9-12H2,1-3H3,(H2,18,19,20). The zero-order valence-electron chi connectivity index (χ0n) is 14.4. The number of hydrogen-bond acceptors (Lipinski definition) is 4. The van der Waals surface area contributed by atoms with E-state index in [9.17, 15) is 0 Å². The van der Waals surface area contributed by atoms with Crippen molar-refractivity contribution in [3.05, 3.63) is 42.0 Å². The molecule has 1 aliphatic rings. The summed E-state index contributed by atoms with van der Waals surface area (Å²) in [6.45, 7) is 3.46. The number of aryl methyl sites for hydroxylation is 1. The highest BCUT2D eigenvalue weighted by molar-refractivity contribution is 8.01. The van der Waals surface area contributed by atoms with Gasteiger partial charge in [-0.25, -0.2) is 0 Å². The van der Waals surface area contributed by atoms with Gasteiger partial charge in [0.2, 0.25) is 0 Å². The van der Waals surface area contributed by atoms with E-state index in [-0.39, 0.29) is 0 Å². The predicted molar refractivity (Wildman–Crippen MR) is 98.2 cm³/mol. The molecule has 1 aliphatic carbocycles. The zero-order valence-corrected chi connectivity index (χ0v) is 15.2. The molecule has 2 N–H and O–H groups in total. The molecule has 0 amide bonds. The van der Waals surface area contributed by atoms with E-state index in [2.05, 4.69) is 56.2 Å². The first-order valence-corrected chi connectivity index (χ1v) is 8.97. The molecule has 0 spiro atoms. The van der Waals surface area contributed by atoms with Crippen LogP contribution in [0.25, 0.3) is 0 Å². The highest BCUT2D eigenvalue weighted by Gasteiger charge is 2.43. The van der Waals surface area contributed by atoms with E-state index in [1.807, 2.05) is 30.3 Å². The third-order valence-corrected chi connectivity index (χ3v) is 5.78. The molecule has 0 aliphatic heterocycles. The Balaban J connectivity index is 1.50. The van der Waals surface area contributed by atoms with Gasteiger partial charge in [-0.15, -0.1) is 22.0 Å². The van der Waals surface area contributed by atoms with Crippen molar-refractivity contribution in [2.24, 2.45) is 12.0 Å². The Morgan fingerprint density at radius 1 is 1.25 bits per heavy atom. The van der Waals surface area contributed by atoms with Gasteiger partial charge in [-0.1, -0.05) is 18.2 Å². The van der Waals surface area contributed by atoms with Crippen molar-refractivity contribution < 1.29 is 0 Å². The maximum absolute atomic E-state index is 4.31. The minimum Gasteiger partial charge on any atom is -0.355 e. The second kappa shape index (κ2) is 7.25. The summed E-state index contributed by atoms with van der Waals surface area (Å²) in [6, 6.07) is 10.6. The number of aliphatic imine (C=N–C) groups is 1. The Bertz CT molecular complexity index is 705. The van der Waals surface area contributed by atoms with Gasteiger partial charge in [-0.2, -0.15) is 0 Å². The minimum atomic E-state index is 0.292. The second-order valence-corrected chi connectivity index (χ2v) is 7.64. The first-order valence-electron chi connectivity index (χ1n) is 8.15. The lowest BCUT2D eigenvalue weighted by Crippen LogP contribution is -2.41. The summed E-state index contributed by atoms with van der Waals surface area (Å²) >= 11 is 1.96. The Hall–Kier alpha value is -2.02. The van der Waals surface area contributed by atoms with E-state index in [0.29, 0.717) is 11.3 Å². The summed E-state index contributed by atoms with van der Waals surface area (Å²) in [7, 11) is 3.76. The lowest BCUT2D eigenvalue weighted by atomic mass is 10.4. The lowest BCUT2D eigenvalue weighted by molar-refractivity contribution is 0.710. The zero-order chi connectivity index (χ0) is 17.0. The van der Waals surface area contributed by atoms with Crippen molar-refractivity contribution in [1.82, 2.24) is 25.4 Å². The Morgan fingerprint density at radius 2 is 2.00 bits per heavy atom. The Morgan fingerprint density at radius 3 is 2.58 bits per heavy atom. The van der Waals surface area contributed by atoms with Crippen molar-refractivity contribution >= 4 is 17.7 Å². The van der Waals surface area contributed by atoms with Crippen LogP contribution in [0.1, 0.15) is 24.5 Å². The van der Waals surface area contributed by atoms with Gasteiger partial charge >= 0.3 is 0 Å². The molecule has 0 atom stereocenters. The number of nitrogens with zero attached hydrogens (tertiary/aromatic N) is 4. The van der Waals surface area contributed by atoms with Crippen LogP contribution in [0, 0.1) is 6.92 Å². The van der Waals surface area contributed by atoms with Gasteiger partial charge in [-0.3, -0.25) is 4.99 Å². The van der Waals surface area contributed by atoms with Gasteiger partial charge in [0.25, 0.3) is 0 Å². The second-order valence-electron chi connectivity index (χ2n) is 6.10. The van der Waals surface area contributed by atoms with Gasteiger partial charge in [0.15, 0.2) is 11.8 Å². The fourth-order valence-corrected chi connectivity index (χ4v) is 3.67. The van der Waals surface area contributed by atoms with Crippen LogP contribution < -0.4 is 10.6 Å². The van der Waals surface area contributed by atoms with Crippen LogP contribution in [0.15, 0.2) is 40.2 Å². The Kier molecular flexibility index (Phi) is 5.08. The van der Waals surface area contributed by atoms with E-state index in [0.717, 1.165) is 24.2 Å². The predicted octanol–water partition coefficient (Wildman–Crippen LogP) is 2.11. The molecule has 0 unspecified atom stereocenters. The molecule has 1 fully saturated rings. The van der Waals surface area contributed by atoms with Crippen LogP contribution in [0.2, 0.25) is 0 Å². The molecule has 0 bridgehead atoms.